The maximum Gasteiger partial charge on any atom is 0.319 e. The van der Waals surface area contributed by atoms with Crippen molar-refractivity contribution < 1.29 is 4.79 Å². The van der Waals surface area contributed by atoms with Crippen molar-refractivity contribution in [1.82, 2.24) is 10.3 Å². The quantitative estimate of drug-likeness (QED) is 0.640. The summed E-state index contributed by atoms with van der Waals surface area (Å²) < 4.78 is 0. The standard InChI is InChI=1S/C19H21N3O/c1-3-13(2)20-19(23)22-17-11-7-5-9-15(17)18-12-14-8-4-6-10-16(14)21-18/h4-13,21H,3H2,1-2H3,(H2,20,22,23)/t13-/m1/s1. The van der Waals surface area contributed by atoms with Gasteiger partial charge in [-0.3, -0.25) is 0 Å². The van der Waals surface area contributed by atoms with E-state index >= 15 is 0 Å². The smallest absolute Gasteiger partial charge is 0.319 e. The first-order valence-corrected chi connectivity index (χ1v) is 7.92. The van der Waals surface area contributed by atoms with Gasteiger partial charge in [-0.2, -0.15) is 0 Å². The minimum absolute atomic E-state index is 0.148. The highest BCUT2D eigenvalue weighted by Gasteiger charge is 2.11. The number of urea groups is 1. The molecule has 0 spiro atoms. The maximum absolute atomic E-state index is 12.1. The predicted octanol–water partition coefficient (Wildman–Crippen LogP) is 4.75. The number of rotatable bonds is 4. The van der Waals surface area contributed by atoms with Crippen molar-refractivity contribution in [1.29, 1.82) is 0 Å². The fourth-order valence-corrected chi connectivity index (χ4v) is 2.53. The lowest BCUT2D eigenvalue weighted by atomic mass is 10.1. The third-order valence-corrected chi connectivity index (χ3v) is 3.99. The van der Waals surface area contributed by atoms with Gasteiger partial charge in [0.25, 0.3) is 0 Å². The molecule has 23 heavy (non-hydrogen) atoms. The number of hydrogen-bond acceptors (Lipinski definition) is 1. The normalized spacial score (nSPS) is 12.1. The number of nitrogens with one attached hydrogen (secondary N) is 3. The van der Waals surface area contributed by atoms with Gasteiger partial charge in [-0.15, -0.1) is 0 Å². The Balaban J connectivity index is 1.90. The minimum atomic E-state index is -0.178. The molecule has 0 bridgehead atoms. The first kappa shape index (κ1) is 15.2. The van der Waals surface area contributed by atoms with Crippen LogP contribution in [0.15, 0.2) is 54.6 Å². The summed E-state index contributed by atoms with van der Waals surface area (Å²) in [5.74, 6) is 0. The lowest BCUT2D eigenvalue weighted by Crippen LogP contribution is -2.35. The van der Waals surface area contributed by atoms with Crippen LogP contribution < -0.4 is 10.6 Å². The van der Waals surface area contributed by atoms with Crippen LogP contribution in [0.1, 0.15) is 20.3 Å². The lowest BCUT2D eigenvalue weighted by molar-refractivity contribution is 0.249. The van der Waals surface area contributed by atoms with Gasteiger partial charge < -0.3 is 15.6 Å². The Hall–Kier alpha value is -2.75. The van der Waals surface area contributed by atoms with Gasteiger partial charge in [-0.1, -0.05) is 43.3 Å². The molecule has 0 aliphatic carbocycles. The number of aromatic amines is 1. The topological polar surface area (TPSA) is 56.9 Å². The van der Waals surface area contributed by atoms with Gasteiger partial charge in [0, 0.05) is 28.2 Å². The summed E-state index contributed by atoms with van der Waals surface area (Å²) in [4.78, 5) is 15.5. The van der Waals surface area contributed by atoms with Crippen molar-refractivity contribution in [2.45, 2.75) is 26.3 Å². The van der Waals surface area contributed by atoms with Gasteiger partial charge >= 0.3 is 6.03 Å². The Kier molecular flexibility index (Phi) is 4.33. The van der Waals surface area contributed by atoms with Gasteiger partial charge in [0.1, 0.15) is 0 Å². The highest BCUT2D eigenvalue weighted by molar-refractivity contribution is 5.96. The van der Waals surface area contributed by atoms with E-state index in [1.54, 1.807) is 0 Å². The Morgan fingerprint density at radius 3 is 2.65 bits per heavy atom. The summed E-state index contributed by atoms with van der Waals surface area (Å²) in [6, 6.07) is 18.0. The number of para-hydroxylation sites is 2. The van der Waals surface area contributed by atoms with E-state index in [-0.39, 0.29) is 12.1 Å². The van der Waals surface area contributed by atoms with Crippen molar-refractivity contribution >= 4 is 22.6 Å². The number of amides is 2. The second-order valence-corrected chi connectivity index (χ2v) is 5.72. The molecular weight excluding hydrogens is 286 g/mol. The molecule has 0 fully saturated rings. The molecule has 1 heterocycles. The molecule has 2 amide bonds. The van der Waals surface area contributed by atoms with Crippen molar-refractivity contribution in [3.8, 4) is 11.3 Å². The van der Waals surface area contributed by atoms with Crippen LogP contribution in [0.3, 0.4) is 0 Å². The molecule has 118 valence electrons. The average molecular weight is 307 g/mol. The van der Waals surface area contributed by atoms with E-state index in [1.165, 1.54) is 0 Å². The van der Waals surface area contributed by atoms with Crippen LogP contribution in [0.5, 0.6) is 0 Å². The monoisotopic (exact) mass is 307 g/mol. The number of fused-ring (bicyclic) bond motifs is 1. The van der Waals surface area contributed by atoms with Crippen molar-refractivity contribution in [3.05, 3.63) is 54.6 Å². The SMILES string of the molecule is CC[C@@H](C)NC(=O)Nc1ccccc1-c1cc2ccccc2[nH]1. The zero-order chi connectivity index (χ0) is 16.2. The maximum atomic E-state index is 12.1. The van der Waals surface area contributed by atoms with Gasteiger partial charge in [0.2, 0.25) is 0 Å². The molecule has 3 aromatic rings. The van der Waals surface area contributed by atoms with Crippen LogP contribution in [-0.2, 0) is 0 Å². The second kappa shape index (κ2) is 6.57. The highest BCUT2D eigenvalue weighted by Crippen LogP contribution is 2.29. The third-order valence-electron chi connectivity index (χ3n) is 3.99. The Morgan fingerprint density at radius 1 is 1.13 bits per heavy atom. The summed E-state index contributed by atoms with van der Waals surface area (Å²) in [5.41, 5.74) is 3.84. The highest BCUT2D eigenvalue weighted by atomic mass is 16.2. The predicted molar refractivity (Wildman–Crippen MR) is 95.6 cm³/mol. The molecular formula is C19H21N3O. The third kappa shape index (κ3) is 3.37. The fourth-order valence-electron chi connectivity index (χ4n) is 2.53. The summed E-state index contributed by atoms with van der Waals surface area (Å²) in [5, 5.41) is 7.03. The average Bonchev–Trinajstić information content (AvgIpc) is 2.99. The Morgan fingerprint density at radius 2 is 1.87 bits per heavy atom. The Labute approximate surface area is 135 Å². The summed E-state index contributed by atoms with van der Waals surface area (Å²) in [6.45, 7) is 4.03. The Bertz CT molecular complexity index is 789. The van der Waals surface area contributed by atoms with Gasteiger partial charge in [-0.05, 0) is 31.5 Å². The number of carbonyl (C=O) groups is 1. The van der Waals surface area contributed by atoms with Crippen molar-refractivity contribution in [2.24, 2.45) is 0 Å². The summed E-state index contributed by atoms with van der Waals surface area (Å²) in [7, 11) is 0. The molecule has 4 nitrogen and oxygen atoms in total. The van der Waals surface area contributed by atoms with Gasteiger partial charge in [-0.25, -0.2) is 4.79 Å². The van der Waals surface area contributed by atoms with E-state index in [4.69, 9.17) is 0 Å². The van der Waals surface area contributed by atoms with Crippen LogP contribution in [0.25, 0.3) is 22.2 Å². The number of anilines is 1. The number of benzene rings is 2. The molecule has 0 saturated carbocycles. The molecule has 0 aliphatic rings. The van der Waals surface area contributed by atoms with Crippen LogP contribution >= 0.6 is 0 Å². The molecule has 4 heteroatoms. The molecule has 0 unspecified atom stereocenters. The zero-order valence-electron chi connectivity index (χ0n) is 13.4. The van der Waals surface area contributed by atoms with E-state index in [1.807, 2.05) is 56.3 Å². The van der Waals surface area contributed by atoms with Crippen molar-refractivity contribution in [3.63, 3.8) is 0 Å². The van der Waals surface area contributed by atoms with E-state index in [2.05, 4.69) is 27.8 Å². The first-order valence-electron chi connectivity index (χ1n) is 7.92. The van der Waals surface area contributed by atoms with E-state index in [0.29, 0.717) is 0 Å². The molecule has 0 saturated heterocycles. The first-order chi connectivity index (χ1) is 11.2. The number of H-pyrrole nitrogens is 1. The molecule has 1 atom stereocenters. The molecule has 2 aromatic carbocycles. The summed E-state index contributed by atoms with van der Waals surface area (Å²) in [6.07, 6.45) is 0.900. The summed E-state index contributed by atoms with van der Waals surface area (Å²) >= 11 is 0. The van der Waals surface area contributed by atoms with E-state index in [9.17, 15) is 4.79 Å². The number of carbonyl (C=O) groups excluding carboxylic acids is 1. The molecule has 1 aromatic heterocycles. The van der Waals surface area contributed by atoms with Crippen LogP contribution in [0.4, 0.5) is 10.5 Å². The lowest BCUT2D eigenvalue weighted by Gasteiger charge is -2.14. The zero-order valence-corrected chi connectivity index (χ0v) is 13.4. The molecule has 3 N–H and O–H groups in total. The number of hydrogen-bond donors (Lipinski definition) is 3. The largest absolute Gasteiger partial charge is 0.354 e. The van der Waals surface area contributed by atoms with E-state index in [0.717, 1.165) is 34.3 Å². The number of aromatic nitrogens is 1. The molecule has 0 radical (unpaired) electrons. The van der Waals surface area contributed by atoms with Crippen LogP contribution in [0.2, 0.25) is 0 Å². The van der Waals surface area contributed by atoms with Crippen molar-refractivity contribution in [2.75, 3.05) is 5.32 Å². The minimum Gasteiger partial charge on any atom is -0.354 e. The molecule has 0 aliphatic heterocycles. The van der Waals surface area contributed by atoms with Crippen LogP contribution in [0, 0.1) is 0 Å². The van der Waals surface area contributed by atoms with E-state index < -0.39 is 0 Å². The second-order valence-electron chi connectivity index (χ2n) is 5.72. The molecule has 3 rings (SSSR count). The van der Waals surface area contributed by atoms with Crippen LogP contribution in [-0.4, -0.2) is 17.1 Å². The van der Waals surface area contributed by atoms with Gasteiger partial charge in [0.15, 0.2) is 0 Å². The van der Waals surface area contributed by atoms with Gasteiger partial charge in [0.05, 0.1) is 5.69 Å². The fraction of sp³-hybridized carbons (Fsp3) is 0.211.